The van der Waals surface area contributed by atoms with E-state index >= 15 is 0 Å². The average molecular weight is 596 g/mol. The van der Waals surface area contributed by atoms with E-state index in [0.29, 0.717) is 35.1 Å². The van der Waals surface area contributed by atoms with Gasteiger partial charge in [-0.1, -0.05) is 12.1 Å². The number of hydrogen-bond acceptors (Lipinski definition) is 8. The topological polar surface area (TPSA) is 156 Å². The minimum absolute atomic E-state index is 0.0752. The summed E-state index contributed by atoms with van der Waals surface area (Å²) in [5.74, 6) is -1.09. The summed E-state index contributed by atoms with van der Waals surface area (Å²) in [7, 11) is 2.60. The molecule has 2 aromatic carbocycles. The Hall–Kier alpha value is -4.41. The normalized spacial score (nSPS) is 14.4. The van der Waals surface area contributed by atoms with Gasteiger partial charge >= 0.3 is 24.1 Å². The van der Waals surface area contributed by atoms with Crippen molar-refractivity contribution in [2.75, 3.05) is 20.8 Å². The lowest BCUT2D eigenvalue weighted by atomic mass is 9.68. The molecule has 3 rings (SSSR count). The molecule has 0 heterocycles. The first-order valence-electron chi connectivity index (χ1n) is 14.0. The summed E-state index contributed by atoms with van der Waals surface area (Å²) in [6.45, 7) is 10.5. The molecule has 0 fully saturated rings. The summed E-state index contributed by atoms with van der Waals surface area (Å²) in [6.07, 6.45) is -0.410. The molecule has 0 radical (unpaired) electrons. The molecular formula is C32H41N3O8. The predicted molar refractivity (Wildman–Crippen MR) is 160 cm³/mol. The highest BCUT2D eigenvalue weighted by atomic mass is 16.6. The molecular weight excluding hydrogens is 554 g/mol. The second-order valence-electron chi connectivity index (χ2n) is 12.3. The van der Waals surface area contributed by atoms with E-state index in [-0.39, 0.29) is 18.8 Å². The van der Waals surface area contributed by atoms with Crippen LogP contribution in [0.1, 0.15) is 90.9 Å². The van der Waals surface area contributed by atoms with E-state index in [2.05, 4.69) is 10.3 Å². The molecule has 3 N–H and O–H groups in total. The van der Waals surface area contributed by atoms with Crippen molar-refractivity contribution in [1.29, 1.82) is 0 Å². The van der Waals surface area contributed by atoms with Crippen LogP contribution in [0, 0.1) is 0 Å². The summed E-state index contributed by atoms with van der Waals surface area (Å²) in [6, 6.07) is 10.2. The molecule has 0 spiro atoms. The van der Waals surface area contributed by atoms with Crippen LogP contribution in [-0.2, 0) is 37.2 Å². The van der Waals surface area contributed by atoms with Gasteiger partial charge in [0.05, 0.1) is 30.8 Å². The summed E-state index contributed by atoms with van der Waals surface area (Å²) < 4.78 is 20.8. The molecule has 43 heavy (non-hydrogen) atoms. The molecule has 1 aliphatic rings. The third-order valence-electron chi connectivity index (χ3n) is 6.85. The van der Waals surface area contributed by atoms with Crippen LogP contribution in [0.15, 0.2) is 41.4 Å². The van der Waals surface area contributed by atoms with E-state index in [4.69, 9.17) is 24.7 Å². The summed E-state index contributed by atoms with van der Waals surface area (Å²) >= 11 is 0. The lowest BCUT2D eigenvalue weighted by Crippen LogP contribution is -2.47. The van der Waals surface area contributed by atoms with Crippen molar-refractivity contribution in [1.82, 2.24) is 5.32 Å². The third kappa shape index (κ3) is 7.91. The van der Waals surface area contributed by atoms with Gasteiger partial charge in [-0.05, 0) is 107 Å². The van der Waals surface area contributed by atoms with Gasteiger partial charge in [-0.15, -0.1) is 0 Å². The molecule has 0 saturated carbocycles. The van der Waals surface area contributed by atoms with Crippen LogP contribution < -0.4 is 11.1 Å². The van der Waals surface area contributed by atoms with Crippen LogP contribution in [0.2, 0.25) is 0 Å². The number of hydrogen-bond donors (Lipinski definition) is 2. The molecule has 0 aliphatic heterocycles. The minimum atomic E-state index is -1.28. The molecule has 0 saturated heterocycles. The van der Waals surface area contributed by atoms with E-state index in [9.17, 15) is 19.2 Å². The Morgan fingerprint density at radius 3 is 1.70 bits per heavy atom. The van der Waals surface area contributed by atoms with Gasteiger partial charge in [0.1, 0.15) is 17.0 Å². The Labute approximate surface area is 252 Å². The van der Waals surface area contributed by atoms with Crippen molar-refractivity contribution in [3.05, 3.63) is 69.8 Å². The minimum Gasteiger partial charge on any atom is -0.465 e. The van der Waals surface area contributed by atoms with Crippen LogP contribution >= 0.6 is 0 Å². The number of aryl methyl sites for hydroxylation is 2. The number of nitrogens with zero attached hydrogens (tertiary/aromatic N) is 1. The fourth-order valence-corrected chi connectivity index (χ4v) is 5.16. The number of carbonyl (C=O) groups is 4. The van der Waals surface area contributed by atoms with Crippen molar-refractivity contribution in [3.63, 3.8) is 0 Å². The maximum absolute atomic E-state index is 13.0. The van der Waals surface area contributed by atoms with Crippen molar-refractivity contribution in [2.24, 2.45) is 10.7 Å². The predicted octanol–water partition coefficient (Wildman–Crippen LogP) is 4.85. The number of amides is 2. The molecule has 0 atom stereocenters. The quantitative estimate of drug-likeness (QED) is 0.206. The molecule has 2 aromatic rings. The number of aliphatic imine (C=N–C) groups is 1. The maximum atomic E-state index is 13.0. The number of nitrogens with one attached hydrogen (secondary N) is 1. The number of esters is 2. The summed E-state index contributed by atoms with van der Waals surface area (Å²) in [5.41, 5.74) is 7.54. The Morgan fingerprint density at radius 1 is 0.814 bits per heavy atom. The van der Waals surface area contributed by atoms with E-state index in [1.807, 2.05) is 0 Å². The molecule has 232 valence electrons. The zero-order chi connectivity index (χ0) is 32.2. The van der Waals surface area contributed by atoms with Crippen molar-refractivity contribution >= 4 is 30.0 Å². The first-order chi connectivity index (χ1) is 20.0. The number of alkyl carbamates (subject to hydrolysis) is 1. The van der Waals surface area contributed by atoms with E-state index in [1.54, 1.807) is 77.9 Å². The van der Waals surface area contributed by atoms with Gasteiger partial charge < -0.3 is 30.0 Å². The first kappa shape index (κ1) is 33.1. The highest BCUT2D eigenvalue weighted by Crippen LogP contribution is 2.43. The van der Waals surface area contributed by atoms with Gasteiger partial charge in [-0.25, -0.2) is 19.2 Å². The fraction of sp³-hybridized carbons (Fsp3) is 0.469. The second-order valence-corrected chi connectivity index (χ2v) is 12.3. The van der Waals surface area contributed by atoms with Crippen molar-refractivity contribution in [3.8, 4) is 0 Å². The number of amidine groups is 1. The Balaban J connectivity index is 2.29. The lowest BCUT2D eigenvalue weighted by Gasteiger charge is -2.36. The van der Waals surface area contributed by atoms with Gasteiger partial charge in [-0.2, -0.15) is 4.99 Å². The van der Waals surface area contributed by atoms with Gasteiger partial charge in [0, 0.05) is 6.54 Å². The first-order valence-corrected chi connectivity index (χ1v) is 14.0. The number of carbonyl (C=O) groups excluding carboxylic acids is 4. The van der Waals surface area contributed by atoms with Crippen molar-refractivity contribution in [2.45, 2.75) is 77.4 Å². The Morgan fingerprint density at radius 2 is 1.28 bits per heavy atom. The second kappa shape index (κ2) is 12.8. The van der Waals surface area contributed by atoms with Crippen molar-refractivity contribution < 1.29 is 38.1 Å². The van der Waals surface area contributed by atoms with Gasteiger partial charge in [0.25, 0.3) is 0 Å². The van der Waals surface area contributed by atoms with Crippen LogP contribution in [0.25, 0.3) is 0 Å². The Bertz CT molecular complexity index is 1370. The zero-order valence-corrected chi connectivity index (χ0v) is 26.1. The van der Waals surface area contributed by atoms with Crippen LogP contribution in [0.4, 0.5) is 9.59 Å². The number of rotatable bonds is 6. The smallest absolute Gasteiger partial charge is 0.435 e. The highest BCUT2D eigenvalue weighted by Gasteiger charge is 2.44. The van der Waals surface area contributed by atoms with E-state index in [1.165, 1.54) is 14.2 Å². The van der Waals surface area contributed by atoms with Crippen LogP contribution in [0.3, 0.4) is 0 Å². The summed E-state index contributed by atoms with van der Waals surface area (Å²) in [4.78, 5) is 54.7. The molecule has 11 nitrogen and oxygen atoms in total. The Kier molecular flexibility index (Phi) is 9.89. The summed E-state index contributed by atoms with van der Waals surface area (Å²) in [5, 5.41) is 2.78. The number of methoxy groups -OCH3 is 2. The standard InChI is InChI=1S/C32H41N3O8/c1-30(2,3)42-28(38)34-16-15-32(27(33)35-29(39)43-31(4,5)6)23-13-11-21(25(36)40-7)17-19(23)9-10-20-18-22(26(37)41-8)12-14-24(20)32/h11-14,17-18H,9-10,15-16H2,1-8H3,(H,34,38)(H2,33,35,39). The maximum Gasteiger partial charge on any atom is 0.435 e. The number of ether oxygens (including phenoxy) is 4. The van der Waals surface area contributed by atoms with Crippen LogP contribution in [-0.4, -0.2) is 61.9 Å². The SMILES string of the molecule is COC(=O)c1ccc2c(c1)CCc1cc(C(=O)OC)ccc1C2(CCNC(=O)OC(C)(C)C)/C(N)=N\C(=O)OC(C)(C)C. The highest BCUT2D eigenvalue weighted by molar-refractivity contribution is 6.02. The van der Waals surface area contributed by atoms with Gasteiger partial charge in [0.2, 0.25) is 0 Å². The van der Waals surface area contributed by atoms with Gasteiger partial charge in [0.15, 0.2) is 0 Å². The zero-order valence-electron chi connectivity index (χ0n) is 26.1. The van der Waals surface area contributed by atoms with E-state index in [0.717, 1.165) is 11.1 Å². The monoisotopic (exact) mass is 595 g/mol. The third-order valence-corrected chi connectivity index (χ3v) is 6.85. The molecule has 0 unspecified atom stereocenters. The lowest BCUT2D eigenvalue weighted by molar-refractivity contribution is 0.0521. The number of nitrogens with two attached hydrogens (primary N) is 1. The van der Waals surface area contributed by atoms with Gasteiger partial charge in [-0.3, -0.25) is 0 Å². The molecule has 0 aromatic heterocycles. The molecule has 2 amide bonds. The fourth-order valence-electron chi connectivity index (χ4n) is 5.16. The molecule has 0 bridgehead atoms. The number of benzene rings is 2. The average Bonchev–Trinajstić information content (AvgIpc) is 3.04. The molecule has 11 heteroatoms. The largest absolute Gasteiger partial charge is 0.465 e. The number of fused-ring (bicyclic) bond motifs is 2. The van der Waals surface area contributed by atoms with Crippen LogP contribution in [0.5, 0.6) is 0 Å². The van der Waals surface area contributed by atoms with E-state index < -0.39 is 40.7 Å². The molecule has 1 aliphatic carbocycles.